The maximum absolute atomic E-state index is 12.2. The van der Waals surface area contributed by atoms with Crippen LogP contribution in [0.1, 0.15) is 47.1 Å². The van der Waals surface area contributed by atoms with Crippen molar-refractivity contribution in [3.8, 4) is 0 Å². The quantitative estimate of drug-likeness (QED) is 0.868. The summed E-state index contributed by atoms with van der Waals surface area (Å²) in [6.07, 6.45) is -0.910. The van der Waals surface area contributed by atoms with E-state index in [-0.39, 0.29) is 6.09 Å². The Morgan fingerprint density at radius 3 is 2.27 bits per heavy atom. The summed E-state index contributed by atoms with van der Waals surface area (Å²) in [5.41, 5.74) is 0.693. The van der Waals surface area contributed by atoms with E-state index < -0.39 is 11.7 Å². The number of β-amino-alcohol motifs (C(OH)–C–C–N with tert-alkyl or cyclic N) is 1. The molecule has 0 aliphatic carbocycles. The molecule has 0 radical (unpaired) electrons. The lowest BCUT2D eigenvalue weighted by Crippen LogP contribution is -2.41. The summed E-state index contributed by atoms with van der Waals surface area (Å²) < 4.78 is 5.39. The van der Waals surface area contributed by atoms with Gasteiger partial charge in [0.05, 0.1) is 12.6 Å². The van der Waals surface area contributed by atoms with Gasteiger partial charge in [-0.25, -0.2) is 4.79 Å². The molecule has 1 fully saturated rings. The Hall–Kier alpha value is -1.59. The van der Waals surface area contributed by atoms with E-state index in [1.165, 1.54) is 5.56 Å². The van der Waals surface area contributed by atoms with Gasteiger partial charge in [-0.2, -0.15) is 0 Å². The number of aliphatic hydroxyl groups is 1. The van der Waals surface area contributed by atoms with Gasteiger partial charge in [-0.3, -0.25) is 4.90 Å². The van der Waals surface area contributed by atoms with Crippen LogP contribution in [0.4, 0.5) is 4.79 Å². The second-order valence-corrected chi connectivity index (χ2v) is 8.53. The lowest BCUT2D eigenvalue weighted by molar-refractivity contribution is 0.0185. The van der Waals surface area contributed by atoms with Gasteiger partial charge >= 0.3 is 6.09 Å². The van der Waals surface area contributed by atoms with Gasteiger partial charge < -0.3 is 14.7 Å². The van der Waals surface area contributed by atoms with Crippen LogP contribution in [-0.4, -0.2) is 58.9 Å². The third-order valence-corrected chi connectivity index (χ3v) is 3.49. The van der Waals surface area contributed by atoms with E-state index in [4.69, 9.17) is 4.74 Å². The summed E-state index contributed by atoms with van der Waals surface area (Å²) in [4.78, 5) is 15.9. The third kappa shape index (κ3) is 9.78. The lowest BCUT2D eigenvalue weighted by atomic mass is 10.2. The van der Waals surface area contributed by atoms with Gasteiger partial charge in [-0.05, 0) is 32.3 Å². The van der Waals surface area contributed by atoms with Gasteiger partial charge in [-0.15, -0.1) is 0 Å². The van der Waals surface area contributed by atoms with Crippen molar-refractivity contribution in [2.45, 2.75) is 59.8 Å². The Morgan fingerprint density at radius 2 is 1.73 bits per heavy atom. The molecular formula is C21H36N2O3. The second-order valence-electron chi connectivity index (χ2n) is 8.53. The van der Waals surface area contributed by atoms with E-state index in [1.807, 2.05) is 39.0 Å². The van der Waals surface area contributed by atoms with Crippen molar-refractivity contribution in [3.63, 3.8) is 0 Å². The molecule has 5 heteroatoms. The number of hydrogen-bond acceptors (Lipinski definition) is 4. The van der Waals surface area contributed by atoms with E-state index >= 15 is 0 Å². The number of hydrogen-bond donors (Lipinski definition) is 1. The normalized spacial score (nSPS) is 18.8. The van der Waals surface area contributed by atoms with E-state index in [0.29, 0.717) is 19.6 Å². The van der Waals surface area contributed by atoms with E-state index in [2.05, 4.69) is 37.8 Å². The summed E-state index contributed by atoms with van der Waals surface area (Å²) in [5, 5.41) is 10.2. The SMILES string of the molecule is CC(C)(C)OC(=O)N1CCN(Cc2ccccc2)CC(O)C1.CC(C)C. The highest BCUT2D eigenvalue weighted by atomic mass is 16.6. The standard InChI is InChI=1S/C17H26N2O3.C4H10/c1-17(2,3)22-16(21)19-10-9-18(12-15(20)13-19)11-14-7-5-4-6-8-14;1-4(2)3/h4-8,15,20H,9-13H2,1-3H3;4H,1-3H3. The third-order valence-electron chi connectivity index (χ3n) is 3.49. The van der Waals surface area contributed by atoms with Crippen LogP contribution in [0.25, 0.3) is 0 Å². The molecule has 1 heterocycles. The van der Waals surface area contributed by atoms with Gasteiger partial charge in [0.25, 0.3) is 0 Å². The highest BCUT2D eigenvalue weighted by molar-refractivity contribution is 5.68. The van der Waals surface area contributed by atoms with E-state index in [1.54, 1.807) is 4.90 Å². The molecule has 0 bridgehead atoms. The average Bonchev–Trinajstić information content (AvgIpc) is 2.67. The highest BCUT2D eigenvalue weighted by Crippen LogP contribution is 2.13. The first kappa shape index (κ1) is 22.5. The maximum atomic E-state index is 12.2. The first-order valence-corrected chi connectivity index (χ1v) is 9.49. The van der Waals surface area contributed by atoms with Gasteiger partial charge in [-0.1, -0.05) is 51.1 Å². The van der Waals surface area contributed by atoms with Crippen molar-refractivity contribution in [2.24, 2.45) is 5.92 Å². The minimum atomic E-state index is -0.557. The Labute approximate surface area is 158 Å². The number of amides is 1. The number of carbonyl (C=O) groups excluding carboxylic acids is 1. The van der Waals surface area contributed by atoms with Crippen LogP contribution in [-0.2, 0) is 11.3 Å². The van der Waals surface area contributed by atoms with Crippen molar-refractivity contribution in [2.75, 3.05) is 26.2 Å². The molecule has 26 heavy (non-hydrogen) atoms. The predicted molar refractivity (Wildman–Crippen MR) is 106 cm³/mol. The van der Waals surface area contributed by atoms with Gasteiger partial charge in [0, 0.05) is 26.2 Å². The van der Waals surface area contributed by atoms with Crippen LogP contribution < -0.4 is 0 Å². The molecule has 0 aromatic heterocycles. The fourth-order valence-electron chi connectivity index (χ4n) is 2.53. The van der Waals surface area contributed by atoms with Crippen LogP contribution >= 0.6 is 0 Å². The van der Waals surface area contributed by atoms with Gasteiger partial charge in [0.1, 0.15) is 5.60 Å². The van der Waals surface area contributed by atoms with Gasteiger partial charge in [0.15, 0.2) is 0 Å². The molecule has 1 aliphatic rings. The fourth-order valence-corrected chi connectivity index (χ4v) is 2.53. The molecule has 5 nitrogen and oxygen atoms in total. The molecule has 148 valence electrons. The maximum Gasteiger partial charge on any atom is 0.410 e. The van der Waals surface area contributed by atoms with Crippen LogP contribution in [0.15, 0.2) is 30.3 Å². The number of nitrogens with zero attached hydrogens (tertiary/aromatic N) is 2. The minimum Gasteiger partial charge on any atom is -0.444 e. The fraction of sp³-hybridized carbons (Fsp3) is 0.667. The number of rotatable bonds is 2. The number of ether oxygens (including phenoxy) is 1. The van der Waals surface area contributed by atoms with Crippen LogP contribution in [0.3, 0.4) is 0 Å². The second kappa shape index (κ2) is 10.5. The lowest BCUT2D eigenvalue weighted by Gasteiger charge is -2.27. The summed E-state index contributed by atoms with van der Waals surface area (Å²) in [6.45, 7) is 15.0. The molecule has 1 N–H and O–H groups in total. The predicted octanol–water partition coefficient (Wildman–Crippen LogP) is 3.76. The molecule has 1 aromatic carbocycles. The van der Waals surface area contributed by atoms with Crippen molar-refractivity contribution < 1.29 is 14.6 Å². The Morgan fingerprint density at radius 1 is 1.15 bits per heavy atom. The largest absolute Gasteiger partial charge is 0.444 e. The summed E-state index contributed by atoms with van der Waals surface area (Å²) in [5.74, 6) is 0.833. The molecule has 1 saturated heterocycles. The average molecular weight is 365 g/mol. The summed E-state index contributed by atoms with van der Waals surface area (Å²) >= 11 is 0. The molecule has 1 aromatic rings. The molecule has 1 amide bonds. The van der Waals surface area contributed by atoms with E-state index in [0.717, 1.165) is 19.0 Å². The summed E-state index contributed by atoms with van der Waals surface area (Å²) in [6, 6.07) is 10.2. The highest BCUT2D eigenvalue weighted by Gasteiger charge is 2.27. The van der Waals surface area contributed by atoms with Crippen LogP contribution in [0, 0.1) is 5.92 Å². The minimum absolute atomic E-state index is 0.320. The zero-order valence-corrected chi connectivity index (χ0v) is 17.2. The zero-order valence-electron chi connectivity index (χ0n) is 17.2. The molecule has 0 spiro atoms. The van der Waals surface area contributed by atoms with Crippen molar-refractivity contribution in [1.82, 2.24) is 9.80 Å². The molecule has 1 unspecified atom stereocenters. The first-order chi connectivity index (χ1) is 12.1. The molecule has 0 saturated carbocycles. The molecule has 2 rings (SSSR count). The number of benzene rings is 1. The van der Waals surface area contributed by atoms with Crippen molar-refractivity contribution in [1.29, 1.82) is 0 Å². The zero-order chi connectivity index (χ0) is 19.7. The number of carbonyl (C=O) groups is 1. The topological polar surface area (TPSA) is 53.0 Å². The Balaban J connectivity index is 0.000000765. The summed E-state index contributed by atoms with van der Waals surface area (Å²) in [7, 11) is 0. The van der Waals surface area contributed by atoms with E-state index in [9.17, 15) is 9.90 Å². The van der Waals surface area contributed by atoms with Crippen LogP contribution in [0.2, 0.25) is 0 Å². The van der Waals surface area contributed by atoms with Crippen molar-refractivity contribution >= 4 is 6.09 Å². The first-order valence-electron chi connectivity index (χ1n) is 9.49. The smallest absolute Gasteiger partial charge is 0.410 e. The number of aliphatic hydroxyl groups excluding tert-OH is 1. The Bertz CT molecular complexity index is 523. The van der Waals surface area contributed by atoms with Crippen molar-refractivity contribution in [3.05, 3.63) is 35.9 Å². The van der Waals surface area contributed by atoms with Gasteiger partial charge in [0.2, 0.25) is 0 Å². The molecular weight excluding hydrogens is 328 g/mol. The Kier molecular flexibility index (Phi) is 9.09. The van der Waals surface area contributed by atoms with Crippen LogP contribution in [0.5, 0.6) is 0 Å². The molecule has 1 aliphatic heterocycles. The monoisotopic (exact) mass is 364 g/mol. The molecule has 1 atom stereocenters.